The Labute approximate surface area is 132 Å². The number of halogens is 1. The van der Waals surface area contributed by atoms with Crippen molar-refractivity contribution in [2.75, 3.05) is 0 Å². The molecule has 0 bridgehead atoms. The predicted octanol–water partition coefficient (Wildman–Crippen LogP) is 3.88. The molecule has 0 radical (unpaired) electrons. The van der Waals surface area contributed by atoms with Gasteiger partial charge in [-0.05, 0) is 48.0 Å². The number of hydrogen-bond donors (Lipinski definition) is 0. The van der Waals surface area contributed by atoms with Gasteiger partial charge in [-0.1, -0.05) is 23.7 Å². The van der Waals surface area contributed by atoms with Crippen molar-refractivity contribution in [2.45, 2.75) is 6.61 Å². The number of carbonyl (C=O) groups is 1. The molecule has 3 aromatic rings. The topological polar surface area (TPSA) is 44.1 Å². The van der Waals surface area contributed by atoms with Crippen molar-refractivity contribution in [1.82, 2.24) is 9.78 Å². The Kier molecular flexibility index (Phi) is 4.21. The first kappa shape index (κ1) is 14.4. The molecule has 4 nitrogen and oxygen atoms in total. The number of rotatable bonds is 4. The van der Waals surface area contributed by atoms with Gasteiger partial charge in [-0.15, -0.1) is 0 Å². The van der Waals surface area contributed by atoms with Crippen molar-refractivity contribution >= 4 is 17.6 Å². The van der Waals surface area contributed by atoms with Crippen molar-refractivity contribution in [1.29, 1.82) is 0 Å². The van der Waals surface area contributed by atoms with E-state index in [4.69, 9.17) is 16.3 Å². The highest BCUT2D eigenvalue weighted by Gasteiger charge is 2.08. The van der Waals surface area contributed by atoms with Crippen LogP contribution in [-0.4, -0.2) is 15.7 Å². The lowest BCUT2D eigenvalue weighted by Crippen LogP contribution is -2.05. The number of ether oxygens (including phenoxy) is 1. The van der Waals surface area contributed by atoms with Gasteiger partial charge in [0.15, 0.2) is 0 Å². The molecule has 1 heterocycles. The van der Waals surface area contributed by atoms with Crippen LogP contribution in [0.4, 0.5) is 0 Å². The number of nitrogens with zero attached hydrogens (tertiary/aromatic N) is 2. The van der Waals surface area contributed by atoms with Gasteiger partial charge in [-0.2, -0.15) is 5.10 Å². The monoisotopic (exact) mass is 312 g/mol. The molecule has 0 aliphatic rings. The van der Waals surface area contributed by atoms with Gasteiger partial charge in [0.25, 0.3) is 0 Å². The Balaban J connectivity index is 1.65. The zero-order valence-electron chi connectivity index (χ0n) is 11.6. The molecule has 5 heteroatoms. The number of benzene rings is 2. The molecule has 0 N–H and O–H groups in total. The predicted molar refractivity (Wildman–Crippen MR) is 84.1 cm³/mol. The van der Waals surface area contributed by atoms with Crippen LogP contribution in [0, 0.1) is 0 Å². The van der Waals surface area contributed by atoms with E-state index in [9.17, 15) is 4.79 Å². The van der Waals surface area contributed by atoms with E-state index >= 15 is 0 Å². The van der Waals surface area contributed by atoms with Gasteiger partial charge in [-0.3, -0.25) is 0 Å². The van der Waals surface area contributed by atoms with Gasteiger partial charge < -0.3 is 4.74 Å². The lowest BCUT2D eigenvalue weighted by molar-refractivity contribution is 0.0472. The minimum Gasteiger partial charge on any atom is -0.457 e. The van der Waals surface area contributed by atoms with Crippen LogP contribution >= 0.6 is 11.6 Å². The van der Waals surface area contributed by atoms with E-state index in [0.717, 1.165) is 11.3 Å². The van der Waals surface area contributed by atoms with Crippen LogP contribution in [0.3, 0.4) is 0 Å². The average molecular weight is 313 g/mol. The summed E-state index contributed by atoms with van der Waals surface area (Å²) in [5.41, 5.74) is 2.24. The maximum atomic E-state index is 12.0. The molecule has 1 aromatic heterocycles. The van der Waals surface area contributed by atoms with E-state index in [1.807, 2.05) is 36.5 Å². The van der Waals surface area contributed by atoms with Crippen LogP contribution in [0.5, 0.6) is 0 Å². The van der Waals surface area contributed by atoms with Crippen molar-refractivity contribution in [2.24, 2.45) is 0 Å². The zero-order valence-corrected chi connectivity index (χ0v) is 12.4. The first-order valence-electron chi connectivity index (χ1n) is 6.74. The molecular weight excluding hydrogens is 300 g/mol. The normalized spacial score (nSPS) is 10.4. The highest BCUT2D eigenvalue weighted by molar-refractivity contribution is 6.30. The molecule has 0 amide bonds. The smallest absolute Gasteiger partial charge is 0.338 e. The van der Waals surface area contributed by atoms with Gasteiger partial charge >= 0.3 is 5.97 Å². The second-order valence-electron chi connectivity index (χ2n) is 4.70. The maximum absolute atomic E-state index is 12.0. The van der Waals surface area contributed by atoms with Gasteiger partial charge in [0.1, 0.15) is 6.61 Å². The van der Waals surface area contributed by atoms with E-state index in [1.54, 1.807) is 35.1 Å². The summed E-state index contributed by atoms with van der Waals surface area (Å²) in [7, 11) is 0. The third-order valence-electron chi connectivity index (χ3n) is 3.13. The second kappa shape index (κ2) is 6.45. The van der Waals surface area contributed by atoms with Crippen molar-refractivity contribution in [3.63, 3.8) is 0 Å². The number of hydrogen-bond acceptors (Lipinski definition) is 3. The molecule has 0 saturated carbocycles. The number of carbonyl (C=O) groups excluding carboxylic acids is 1. The summed E-state index contributed by atoms with van der Waals surface area (Å²) < 4.78 is 7.00. The third-order valence-corrected chi connectivity index (χ3v) is 3.37. The van der Waals surface area contributed by atoms with Crippen LogP contribution in [0.15, 0.2) is 67.0 Å². The molecule has 110 valence electrons. The van der Waals surface area contributed by atoms with Gasteiger partial charge in [0, 0.05) is 17.4 Å². The molecule has 0 aliphatic carbocycles. The average Bonchev–Trinajstić information content (AvgIpc) is 3.07. The van der Waals surface area contributed by atoms with Gasteiger partial charge in [-0.25, -0.2) is 9.48 Å². The number of aromatic nitrogens is 2. The van der Waals surface area contributed by atoms with Crippen molar-refractivity contribution < 1.29 is 9.53 Å². The van der Waals surface area contributed by atoms with E-state index in [-0.39, 0.29) is 12.6 Å². The first-order valence-corrected chi connectivity index (χ1v) is 7.12. The highest BCUT2D eigenvalue weighted by atomic mass is 35.5. The lowest BCUT2D eigenvalue weighted by atomic mass is 10.2. The summed E-state index contributed by atoms with van der Waals surface area (Å²) in [6.07, 6.45) is 3.54. The van der Waals surface area contributed by atoms with E-state index < -0.39 is 0 Å². The van der Waals surface area contributed by atoms with Crippen LogP contribution < -0.4 is 0 Å². The van der Waals surface area contributed by atoms with Crippen molar-refractivity contribution in [3.05, 3.63) is 83.1 Å². The largest absolute Gasteiger partial charge is 0.457 e. The summed E-state index contributed by atoms with van der Waals surface area (Å²) >= 11 is 5.89. The SMILES string of the molecule is O=C(OCc1cccc(Cl)c1)c1ccc(-n2cccn2)cc1. The lowest BCUT2D eigenvalue weighted by Gasteiger charge is -2.06. The zero-order chi connectivity index (χ0) is 15.4. The van der Waals surface area contributed by atoms with Crippen LogP contribution in [0.2, 0.25) is 5.02 Å². The Bertz CT molecular complexity index is 768. The Hall–Kier alpha value is -2.59. The fourth-order valence-electron chi connectivity index (χ4n) is 2.03. The fourth-order valence-corrected chi connectivity index (χ4v) is 2.24. The molecule has 2 aromatic carbocycles. The van der Waals surface area contributed by atoms with Crippen LogP contribution in [-0.2, 0) is 11.3 Å². The molecule has 0 aliphatic heterocycles. The molecule has 0 saturated heterocycles. The highest BCUT2D eigenvalue weighted by Crippen LogP contribution is 2.13. The summed E-state index contributed by atoms with van der Waals surface area (Å²) in [6.45, 7) is 0.195. The standard InChI is InChI=1S/C17H13ClN2O2/c18-15-4-1-3-13(11-15)12-22-17(21)14-5-7-16(8-6-14)20-10-2-9-19-20/h1-11H,12H2. The quantitative estimate of drug-likeness (QED) is 0.687. The second-order valence-corrected chi connectivity index (χ2v) is 5.14. The van der Waals surface area contributed by atoms with E-state index in [1.165, 1.54) is 0 Å². The molecule has 0 fully saturated rings. The molecule has 0 spiro atoms. The maximum Gasteiger partial charge on any atom is 0.338 e. The third kappa shape index (κ3) is 3.35. The molecule has 0 unspecified atom stereocenters. The first-order chi connectivity index (χ1) is 10.7. The van der Waals surface area contributed by atoms with Gasteiger partial charge in [0.2, 0.25) is 0 Å². The summed E-state index contributed by atoms with van der Waals surface area (Å²) in [6, 6.07) is 16.2. The fraction of sp³-hybridized carbons (Fsp3) is 0.0588. The molecule has 22 heavy (non-hydrogen) atoms. The minimum atomic E-state index is -0.369. The number of esters is 1. The van der Waals surface area contributed by atoms with Gasteiger partial charge in [0.05, 0.1) is 11.3 Å². The van der Waals surface area contributed by atoms with Crippen LogP contribution in [0.1, 0.15) is 15.9 Å². The molecule has 0 atom stereocenters. The summed E-state index contributed by atoms with van der Waals surface area (Å²) in [4.78, 5) is 12.0. The van der Waals surface area contributed by atoms with E-state index in [0.29, 0.717) is 10.6 Å². The summed E-state index contributed by atoms with van der Waals surface area (Å²) in [5, 5.41) is 4.76. The summed E-state index contributed by atoms with van der Waals surface area (Å²) in [5.74, 6) is -0.369. The van der Waals surface area contributed by atoms with Crippen molar-refractivity contribution in [3.8, 4) is 5.69 Å². The Morgan fingerprint density at radius 3 is 2.64 bits per heavy atom. The molecular formula is C17H13ClN2O2. The Morgan fingerprint density at radius 2 is 1.95 bits per heavy atom. The molecule has 3 rings (SSSR count). The van der Waals surface area contributed by atoms with E-state index in [2.05, 4.69) is 5.10 Å². The Morgan fingerprint density at radius 1 is 1.14 bits per heavy atom. The van der Waals surface area contributed by atoms with Crippen LogP contribution in [0.25, 0.3) is 5.69 Å². The minimum absolute atomic E-state index is 0.195.